The number of rotatable bonds is 8. The summed E-state index contributed by atoms with van der Waals surface area (Å²) in [6.07, 6.45) is 4.12. The van der Waals surface area contributed by atoms with Crippen LogP contribution in [0, 0.1) is 5.92 Å². The Bertz CT molecular complexity index is 433. The summed E-state index contributed by atoms with van der Waals surface area (Å²) >= 11 is 0. The normalized spacial score (nSPS) is 10.5. The lowest BCUT2D eigenvalue weighted by molar-refractivity contribution is 0.0988. The van der Waals surface area contributed by atoms with Crippen LogP contribution in [0.3, 0.4) is 0 Å². The summed E-state index contributed by atoms with van der Waals surface area (Å²) in [5, 5.41) is 0. The zero-order chi connectivity index (χ0) is 14.3. The molecule has 0 unspecified atom stereocenters. The summed E-state index contributed by atoms with van der Waals surface area (Å²) in [5.41, 5.74) is 1.80. The third kappa shape index (κ3) is 4.90. The third-order valence-corrected chi connectivity index (χ3v) is 3.02. The second-order valence-electron chi connectivity index (χ2n) is 5.12. The summed E-state index contributed by atoms with van der Waals surface area (Å²) < 4.78 is 5.81. The molecular weight excluding hydrogens is 236 g/mol. The molecule has 0 bridgehead atoms. The topological polar surface area (TPSA) is 26.3 Å². The van der Waals surface area contributed by atoms with E-state index in [0.717, 1.165) is 29.7 Å². The molecule has 0 aromatic heterocycles. The van der Waals surface area contributed by atoms with Gasteiger partial charge in [0.05, 0.1) is 6.61 Å². The Morgan fingerprint density at radius 3 is 2.74 bits per heavy atom. The number of ether oxygens (including phenoxy) is 1. The summed E-state index contributed by atoms with van der Waals surface area (Å²) in [4.78, 5) is 11.7. The highest BCUT2D eigenvalue weighted by atomic mass is 16.5. The van der Waals surface area contributed by atoms with Crippen LogP contribution in [0.15, 0.2) is 30.9 Å². The fraction of sp³-hybridized carbons (Fsp3) is 0.471. The van der Waals surface area contributed by atoms with Crippen LogP contribution in [-0.4, -0.2) is 12.4 Å². The van der Waals surface area contributed by atoms with Crippen molar-refractivity contribution >= 4 is 5.78 Å². The molecule has 0 amide bonds. The molecule has 19 heavy (non-hydrogen) atoms. The number of hydrogen-bond donors (Lipinski definition) is 0. The van der Waals surface area contributed by atoms with Gasteiger partial charge in [-0.25, -0.2) is 0 Å². The highest BCUT2D eigenvalue weighted by Crippen LogP contribution is 2.22. The predicted octanol–water partition coefficient (Wildman–Crippen LogP) is 4.43. The second kappa shape index (κ2) is 7.78. The molecule has 1 aromatic rings. The molecule has 0 saturated heterocycles. The van der Waals surface area contributed by atoms with Crippen LogP contribution in [0.1, 0.15) is 49.5 Å². The number of allylic oxidation sites excluding steroid dienone is 1. The number of carbonyl (C=O) groups is 1. The predicted molar refractivity (Wildman–Crippen MR) is 79.9 cm³/mol. The molecule has 0 N–H and O–H groups in total. The number of benzene rings is 1. The molecule has 104 valence electrons. The van der Waals surface area contributed by atoms with Gasteiger partial charge in [-0.2, -0.15) is 0 Å². The van der Waals surface area contributed by atoms with E-state index in [1.165, 1.54) is 0 Å². The summed E-state index contributed by atoms with van der Waals surface area (Å²) in [7, 11) is 0. The van der Waals surface area contributed by atoms with Gasteiger partial charge in [-0.15, -0.1) is 6.58 Å². The van der Waals surface area contributed by atoms with Gasteiger partial charge < -0.3 is 4.74 Å². The zero-order valence-corrected chi connectivity index (χ0v) is 12.2. The average Bonchev–Trinajstić information content (AvgIpc) is 2.39. The van der Waals surface area contributed by atoms with Gasteiger partial charge in [0, 0.05) is 12.0 Å². The van der Waals surface area contributed by atoms with Crippen molar-refractivity contribution in [3.8, 4) is 5.75 Å². The first-order valence-electron chi connectivity index (χ1n) is 6.98. The van der Waals surface area contributed by atoms with Crippen molar-refractivity contribution in [3.63, 3.8) is 0 Å². The number of Topliss-reactive ketones (excluding diaryl/α,β-unsaturated/α-hetero) is 1. The SMILES string of the molecule is C=CCc1cc(C(=O)CC)ccc1OCCC(C)C. The van der Waals surface area contributed by atoms with Gasteiger partial charge in [-0.1, -0.05) is 26.8 Å². The monoisotopic (exact) mass is 260 g/mol. The third-order valence-electron chi connectivity index (χ3n) is 3.02. The van der Waals surface area contributed by atoms with E-state index in [2.05, 4.69) is 20.4 Å². The van der Waals surface area contributed by atoms with E-state index < -0.39 is 0 Å². The molecule has 0 aliphatic heterocycles. The summed E-state index contributed by atoms with van der Waals surface area (Å²) in [6, 6.07) is 5.68. The molecule has 2 heteroatoms. The Morgan fingerprint density at radius 1 is 1.42 bits per heavy atom. The lowest BCUT2D eigenvalue weighted by Crippen LogP contribution is -2.05. The molecule has 0 atom stereocenters. The second-order valence-corrected chi connectivity index (χ2v) is 5.12. The molecule has 1 aromatic carbocycles. The van der Waals surface area contributed by atoms with Crippen molar-refractivity contribution in [2.75, 3.05) is 6.61 Å². The molecule has 0 saturated carbocycles. The van der Waals surface area contributed by atoms with E-state index in [1.807, 2.05) is 31.2 Å². The van der Waals surface area contributed by atoms with Gasteiger partial charge in [0.1, 0.15) is 5.75 Å². The van der Waals surface area contributed by atoms with Gasteiger partial charge in [-0.3, -0.25) is 4.79 Å². The molecule has 0 fully saturated rings. The number of ketones is 1. The smallest absolute Gasteiger partial charge is 0.162 e. The van der Waals surface area contributed by atoms with E-state index in [0.29, 0.717) is 18.9 Å². The highest BCUT2D eigenvalue weighted by Gasteiger charge is 2.08. The van der Waals surface area contributed by atoms with Crippen LogP contribution >= 0.6 is 0 Å². The van der Waals surface area contributed by atoms with Crippen LogP contribution in [0.4, 0.5) is 0 Å². The molecule has 0 aliphatic carbocycles. The number of carbonyl (C=O) groups excluding carboxylic acids is 1. The van der Waals surface area contributed by atoms with Crippen LogP contribution in [0.2, 0.25) is 0 Å². The zero-order valence-electron chi connectivity index (χ0n) is 12.2. The van der Waals surface area contributed by atoms with Crippen LogP contribution in [0.5, 0.6) is 5.75 Å². The van der Waals surface area contributed by atoms with Gasteiger partial charge in [0.25, 0.3) is 0 Å². The Balaban J connectivity index is 2.85. The molecule has 0 aliphatic rings. The summed E-state index contributed by atoms with van der Waals surface area (Å²) in [6.45, 7) is 10.7. The van der Waals surface area contributed by atoms with Crippen molar-refractivity contribution in [2.24, 2.45) is 5.92 Å². The molecular formula is C17H24O2. The van der Waals surface area contributed by atoms with Crippen LogP contribution in [-0.2, 0) is 6.42 Å². The van der Waals surface area contributed by atoms with Crippen molar-refractivity contribution < 1.29 is 9.53 Å². The minimum atomic E-state index is 0.166. The Labute approximate surface area is 116 Å². The summed E-state index contributed by atoms with van der Waals surface area (Å²) in [5.74, 6) is 1.66. The fourth-order valence-electron chi connectivity index (χ4n) is 1.82. The van der Waals surface area contributed by atoms with Crippen LogP contribution in [0.25, 0.3) is 0 Å². The van der Waals surface area contributed by atoms with Gasteiger partial charge in [0.15, 0.2) is 5.78 Å². The first kappa shape index (κ1) is 15.5. The quantitative estimate of drug-likeness (QED) is 0.510. The maximum Gasteiger partial charge on any atom is 0.162 e. The molecule has 0 radical (unpaired) electrons. The van der Waals surface area contributed by atoms with Crippen molar-refractivity contribution in [1.82, 2.24) is 0 Å². The minimum absolute atomic E-state index is 0.166. The first-order chi connectivity index (χ1) is 9.08. The van der Waals surface area contributed by atoms with Crippen molar-refractivity contribution in [3.05, 3.63) is 42.0 Å². The van der Waals surface area contributed by atoms with E-state index in [-0.39, 0.29) is 5.78 Å². The average molecular weight is 260 g/mol. The van der Waals surface area contributed by atoms with Gasteiger partial charge in [0.2, 0.25) is 0 Å². The Morgan fingerprint density at radius 2 is 2.16 bits per heavy atom. The largest absolute Gasteiger partial charge is 0.493 e. The standard InChI is InChI=1S/C17H24O2/c1-5-7-15-12-14(16(18)6-2)8-9-17(15)19-11-10-13(3)4/h5,8-9,12-13H,1,6-7,10-11H2,2-4H3. The van der Waals surface area contributed by atoms with E-state index in [4.69, 9.17) is 4.74 Å². The Kier molecular flexibility index (Phi) is 6.34. The van der Waals surface area contributed by atoms with E-state index >= 15 is 0 Å². The van der Waals surface area contributed by atoms with E-state index in [1.54, 1.807) is 0 Å². The first-order valence-corrected chi connectivity index (χ1v) is 6.98. The lowest BCUT2D eigenvalue weighted by Gasteiger charge is -2.13. The maximum absolute atomic E-state index is 11.7. The fourth-order valence-corrected chi connectivity index (χ4v) is 1.82. The molecule has 0 spiro atoms. The van der Waals surface area contributed by atoms with Crippen molar-refractivity contribution in [1.29, 1.82) is 0 Å². The Hall–Kier alpha value is -1.57. The van der Waals surface area contributed by atoms with Crippen molar-refractivity contribution in [2.45, 2.75) is 40.0 Å². The molecule has 2 nitrogen and oxygen atoms in total. The molecule has 0 heterocycles. The maximum atomic E-state index is 11.7. The highest BCUT2D eigenvalue weighted by molar-refractivity contribution is 5.96. The van der Waals surface area contributed by atoms with Crippen LogP contribution < -0.4 is 4.74 Å². The lowest BCUT2D eigenvalue weighted by atomic mass is 10.0. The van der Waals surface area contributed by atoms with E-state index in [9.17, 15) is 4.79 Å². The minimum Gasteiger partial charge on any atom is -0.493 e. The molecule has 1 rings (SSSR count). The van der Waals surface area contributed by atoms with Gasteiger partial charge >= 0.3 is 0 Å². The number of hydrogen-bond acceptors (Lipinski definition) is 2. The van der Waals surface area contributed by atoms with Gasteiger partial charge in [-0.05, 0) is 42.5 Å².